The summed E-state index contributed by atoms with van der Waals surface area (Å²) >= 11 is 0. The van der Waals surface area contributed by atoms with Crippen molar-refractivity contribution in [2.45, 2.75) is 0 Å². The first kappa shape index (κ1) is 29.4. The predicted octanol–water partition coefficient (Wildman–Crippen LogP) is -3.53. The van der Waals surface area contributed by atoms with E-state index in [1.807, 2.05) is 0 Å². The second-order valence-electron chi connectivity index (χ2n) is 1.10. The molecular formula is C4H12O8Ti. The van der Waals surface area contributed by atoms with Crippen molar-refractivity contribution in [2.24, 2.45) is 0 Å². The summed E-state index contributed by atoms with van der Waals surface area (Å²) in [5.74, 6) is -2.38. The van der Waals surface area contributed by atoms with Gasteiger partial charge in [-0.2, -0.15) is 0 Å². The van der Waals surface area contributed by atoms with E-state index in [1.165, 1.54) is 0 Å². The first-order valence-corrected chi connectivity index (χ1v) is 2.20. The second kappa shape index (κ2) is 22.5. The first-order chi connectivity index (χ1) is 4.54. The van der Waals surface area contributed by atoms with E-state index in [4.69, 9.17) is 30.0 Å². The van der Waals surface area contributed by atoms with E-state index in [0.29, 0.717) is 0 Å². The normalized spacial score (nSPS) is 5.69. The molecule has 0 heterocycles. The van der Waals surface area contributed by atoms with Crippen molar-refractivity contribution in [2.75, 3.05) is 13.2 Å². The minimum Gasteiger partial charge on any atom is -0.480 e. The van der Waals surface area contributed by atoms with E-state index in [1.54, 1.807) is 0 Å². The number of carboxylic acid groups (broad SMARTS) is 2. The molecule has 0 aliphatic heterocycles. The topological polar surface area (TPSA) is 178 Å². The van der Waals surface area contributed by atoms with Gasteiger partial charge in [0.05, 0.1) is 0 Å². The molecule has 0 saturated heterocycles. The van der Waals surface area contributed by atoms with Gasteiger partial charge in [-0.1, -0.05) is 0 Å². The molecule has 0 fully saturated rings. The summed E-state index contributed by atoms with van der Waals surface area (Å²) in [4.78, 5) is 18.2. The van der Waals surface area contributed by atoms with Gasteiger partial charge in [-0.15, -0.1) is 0 Å². The van der Waals surface area contributed by atoms with Gasteiger partial charge >= 0.3 is 11.9 Å². The molecule has 80 valence electrons. The molecule has 13 heavy (non-hydrogen) atoms. The molecule has 0 amide bonds. The third kappa shape index (κ3) is 84.9. The van der Waals surface area contributed by atoms with E-state index in [-0.39, 0.29) is 32.7 Å². The van der Waals surface area contributed by atoms with Gasteiger partial charge in [0.15, 0.2) is 0 Å². The van der Waals surface area contributed by atoms with E-state index in [2.05, 4.69) is 0 Å². The van der Waals surface area contributed by atoms with Crippen LogP contribution in [0.4, 0.5) is 0 Å². The molecule has 0 aliphatic carbocycles. The Morgan fingerprint density at radius 3 is 0.923 bits per heavy atom. The van der Waals surface area contributed by atoms with Gasteiger partial charge in [0, 0.05) is 21.7 Å². The minimum atomic E-state index is -1.19. The molecule has 0 unspecified atom stereocenters. The molecule has 0 aromatic rings. The van der Waals surface area contributed by atoms with Crippen LogP contribution in [0.2, 0.25) is 0 Å². The Kier molecular flexibility index (Phi) is 51.0. The van der Waals surface area contributed by atoms with Gasteiger partial charge in [-0.25, -0.2) is 9.59 Å². The zero-order valence-corrected chi connectivity index (χ0v) is 8.08. The van der Waals surface area contributed by atoms with Gasteiger partial charge in [0.2, 0.25) is 0 Å². The molecule has 0 spiro atoms. The fourth-order valence-electron chi connectivity index (χ4n) is 0. The fourth-order valence-corrected chi connectivity index (χ4v) is 0. The molecule has 0 aromatic carbocycles. The van der Waals surface area contributed by atoms with Crippen molar-refractivity contribution >= 4 is 11.9 Å². The summed E-state index contributed by atoms with van der Waals surface area (Å²) in [7, 11) is 0. The van der Waals surface area contributed by atoms with Crippen molar-refractivity contribution in [1.82, 2.24) is 0 Å². The van der Waals surface area contributed by atoms with E-state index < -0.39 is 25.2 Å². The van der Waals surface area contributed by atoms with Crippen LogP contribution in [0.1, 0.15) is 0 Å². The summed E-state index contributed by atoms with van der Waals surface area (Å²) in [5.41, 5.74) is 0. The molecular weight excluding hydrogens is 224 g/mol. The summed E-state index contributed by atoms with van der Waals surface area (Å²) in [6.45, 7) is -1.56. The first-order valence-electron chi connectivity index (χ1n) is 2.20. The molecule has 0 bridgehead atoms. The van der Waals surface area contributed by atoms with Gasteiger partial charge in [0.1, 0.15) is 13.2 Å². The van der Waals surface area contributed by atoms with Gasteiger partial charge in [0.25, 0.3) is 0 Å². The number of carboxylic acids is 2. The molecule has 0 saturated carbocycles. The standard InChI is InChI=1S/2C2H4O3.2H2O.Ti/c2*3-1-2(4)5;;;/h2*3H,1H2,(H,4,5);2*1H2;. The SMILES string of the molecule is O.O.O=C(O)CO.O=C(O)CO.[Ti]. The zero-order chi connectivity index (χ0) is 8.57. The summed E-state index contributed by atoms with van der Waals surface area (Å²) in [5, 5.41) is 30.0. The largest absolute Gasteiger partial charge is 0.480 e. The number of hydrogen-bond acceptors (Lipinski definition) is 4. The molecule has 8 nitrogen and oxygen atoms in total. The van der Waals surface area contributed by atoms with Crippen molar-refractivity contribution in [3.8, 4) is 0 Å². The summed E-state index contributed by atoms with van der Waals surface area (Å²) in [6, 6.07) is 0. The Hall–Kier alpha value is -0.506. The van der Waals surface area contributed by atoms with Crippen LogP contribution in [0.3, 0.4) is 0 Å². The van der Waals surface area contributed by atoms with E-state index >= 15 is 0 Å². The number of hydrogen-bond donors (Lipinski definition) is 4. The van der Waals surface area contributed by atoms with Gasteiger partial charge < -0.3 is 31.4 Å². The predicted molar refractivity (Wildman–Crippen MR) is 36.7 cm³/mol. The third-order valence-electron chi connectivity index (χ3n) is 0.271. The maximum absolute atomic E-state index is 9.12. The second-order valence-corrected chi connectivity index (χ2v) is 1.10. The molecule has 0 rings (SSSR count). The third-order valence-corrected chi connectivity index (χ3v) is 0.271. The smallest absolute Gasteiger partial charge is 0.329 e. The minimum absolute atomic E-state index is 0. The van der Waals surface area contributed by atoms with Crippen molar-refractivity contribution < 1.29 is 62.7 Å². The fraction of sp³-hybridized carbons (Fsp3) is 0.500. The van der Waals surface area contributed by atoms with Gasteiger partial charge in [-0.05, 0) is 0 Å². The quantitative estimate of drug-likeness (QED) is 0.360. The Labute approximate surface area is 88.3 Å². The van der Waals surface area contributed by atoms with Crippen LogP contribution >= 0.6 is 0 Å². The molecule has 0 radical (unpaired) electrons. The average Bonchev–Trinajstić information content (AvgIpc) is 1.89. The zero-order valence-electron chi connectivity index (χ0n) is 6.52. The Morgan fingerprint density at radius 2 is 0.923 bits per heavy atom. The maximum Gasteiger partial charge on any atom is 0.329 e. The van der Waals surface area contributed by atoms with Crippen LogP contribution in [-0.2, 0) is 31.3 Å². The molecule has 0 aliphatic rings. The summed E-state index contributed by atoms with van der Waals surface area (Å²) in [6.07, 6.45) is 0. The van der Waals surface area contributed by atoms with Crippen LogP contribution in [0, 0.1) is 0 Å². The number of aliphatic hydroxyl groups excluding tert-OH is 2. The van der Waals surface area contributed by atoms with Gasteiger partial charge in [-0.3, -0.25) is 0 Å². The van der Waals surface area contributed by atoms with Crippen molar-refractivity contribution in [3.63, 3.8) is 0 Å². The Bertz CT molecular complexity index is 101. The molecule has 0 aromatic heterocycles. The van der Waals surface area contributed by atoms with Crippen LogP contribution in [0.5, 0.6) is 0 Å². The number of aliphatic hydroxyl groups is 2. The molecule has 9 heteroatoms. The van der Waals surface area contributed by atoms with Crippen LogP contribution in [-0.4, -0.2) is 56.5 Å². The van der Waals surface area contributed by atoms with Crippen molar-refractivity contribution in [1.29, 1.82) is 0 Å². The van der Waals surface area contributed by atoms with E-state index in [0.717, 1.165) is 0 Å². The van der Waals surface area contributed by atoms with Crippen molar-refractivity contribution in [3.05, 3.63) is 0 Å². The molecule has 8 N–H and O–H groups in total. The maximum atomic E-state index is 9.12. The number of carbonyl (C=O) groups is 2. The monoisotopic (exact) mass is 236 g/mol. The average molecular weight is 236 g/mol. The number of rotatable bonds is 2. The molecule has 0 atom stereocenters. The van der Waals surface area contributed by atoms with Crippen LogP contribution in [0.25, 0.3) is 0 Å². The summed E-state index contributed by atoms with van der Waals surface area (Å²) < 4.78 is 0. The van der Waals surface area contributed by atoms with E-state index in [9.17, 15) is 0 Å². The Balaban J connectivity index is -0.0000000267. The van der Waals surface area contributed by atoms with Crippen LogP contribution in [0.15, 0.2) is 0 Å². The Morgan fingerprint density at radius 1 is 0.846 bits per heavy atom. The van der Waals surface area contributed by atoms with Crippen LogP contribution < -0.4 is 0 Å². The number of aliphatic carboxylic acids is 2.